The van der Waals surface area contributed by atoms with Crippen LogP contribution < -0.4 is 0 Å². The predicted octanol–water partition coefficient (Wildman–Crippen LogP) is 1.92. The van der Waals surface area contributed by atoms with Crippen LogP contribution in [0.1, 0.15) is 0 Å². The largest absolute Gasteiger partial charge is 0.301 e. The maximum Gasteiger partial charge on any atom is 0.189 e. The average Bonchev–Trinajstić information content (AvgIpc) is 2.71. The molecule has 0 spiro atoms. The summed E-state index contributed by atoms with van der Waals surface area (Å²) >= 11 is 5.25. The molecule has 0 N–H and O–H groups in total. The third-order valence-electron chi connectivity index (χ3n) is 1.84. The minimum Gasteiger partial charge on any atom is -0.301 e. The standard InChI is InChI=1S/C10H9N3S/c1-9-2-5-12(6-3-9)10(14)13-7-4-11-8-13/h2-8H,1H2. The van der Waals surface area contributed by atoms with Crippen LogP contribution in [0, 0.1) is 0 Å². The van der Waals surface area contributed by atoms with Gasteiger partial charge in [0.1, 0.15) is 6.33 Å². The molecule has 4 heteroatoms. The molecule has 1 aromatic heterocycles. The Morgan fingerprint density at radius 2 is 2.07 bits per heavy atom. The number of thiocarbonyl (C=S) groups is 1. The molecular formula is C10H9N3S. The van der Waals surface area contributed by atoms with E-state index < -0.39 is 0 Å². The SMILES string of the molecule is C=C1C=CN(C(=S)n2ccnc2)C=C1. The van der Waals surface area contributed by atoms with Crippen molar-refractivity contribution in [3.63, 3.8) is 0 Å². The highest BCUT2D eigenvalue weighted by atomic mass is 32.1. The normalized spacial score (nSPS) is 14.9. The predicted molar refractivity (Wildman–Crippen MR) is 59.5 cm³/mol. The maximum atomic E-state index is 5.25. The van der Waals surface area contributed by atoms with E-state index in [1.54, 1.807) is 17.1 Å². The fourth-order valence-corrected chi connectivity index (χ4v) is 1.32. The van der Waals surface area contributed by atoms with Crippen LogP contribution in [0.25, 0.3) is 0 Å². The molecule has 0 fully saturated rings. The van der Waals surface area contributed by atoms with Gasteiger partial charge >= 0.3 is 0 Å². The summed E-state index contributed by atoms with van der Waals surface area (Å²) in [6.45, 7) is 3.81. The zero-order chi connectivity index (χ0) is 9.97. The van der Waals surface area contributed by atoms with Gasteiger partial charge in [-0.15, -0.1) is 0 Å². The molecule has 0 aromatic carbocycles. The van der Waals surface area contributed by atoms with Gasteiger partial charge in [-0.2, -0.15) is 0 Å². The first-order chi connectivity index (χ1) is 6.77. The van der Waals surface area contributed by atoms with Crippen LogP contribution in [0.2, 0.25) is 0 Å². The molecule has 2 rings (SSSR count). The van der Waals surface area contributed by atoms with E-state index in [-0.39, 0.29) is 0 Å². The molecule has 70 valence electrons. The lowest BCUT2D eigenvalue weighted by molar-refractivity contribution is 0.729. The molecule has 0 saturated carbocycles. The molecule has 0 unspecified atom stereocenters. The Morgan fingerprint density at radius 1 is 1.36 bits per heavy atom. The minimum absolute atomic E-state index is 0.669. The average molecular weight is 203 g/mol. The van der Waals surface area contributed by atoms with Gasteiger partial charge in [-0.1, -0.05) is 6.58 Å². The summed E-state index contributed by atoms with van der Waals surface area (Å²) in [5.74, 6) is 0. The Balaban J connectivity index is 2.18. The molecule has 3 nitrogen and oxygen atoms in total. The van der Waals surface area contributed by atoms with E-state index in [4.69, 9.17) is 12.2 Å². The number of rotatable bonds is 0. The van der Waals surface area contributed by atoms with Crippen LogP contribution in [-0.4, -0.2) is 19.6 Å². The number of aromatic nitrogens is 2. The second-order valence-corrected chi connectivity index (χ2v) is 3.23. The topological polar surface area (TPSA) is 21.1 Å². The fraction of sp³-hybridized carbons (Fsp3) is 0. The third kappa shape index (κ3) is 1.65. The van der Waals surface area contributed by atoms with Crippen molar-refractivity contribution in [2.45, 2.75) is 0 Å². The number of nitrogens with zero attached hydrogens (tertiary/aromatic N) is 3. The highest BCUT2D eigenvalue weighted by Crippen LogP contribution is 2.08. The van der Waals surface area contributed by atoms with Gasteiger partial charge in [-0.3, -0.25) is 4.57 Å². The van der Waals surface area contributed by atoms with E-state index in [1.165, 1.54) is 0 Å². The molecule has 14 heavy (non-hydrogen) atoms. The Morgan fingerprint density at radius 3 is 2.64 bits per heavy atom. The van der Waals surface area contributed by atoms with Gasteiger partial charge in [0, 0.05) is 24.8 Å². The van der Waals surface area contributed by atoms with E-state index in [1.807, 2.05) is 35.6 Å². The number of hydrogen-bond donors (Lipinski definition) is 0. The minimum atomic E-state index is 0.669. The number of imidazole rings is 1. The molecule has 1 aliphatic rings. The van der Waals surface area contributed by atoms with Crippen molar-refractivity contribution in [1.82, 2.24) is 14.5 Å². The lowest BCUT2D eigenvalue weighted by atomic mass is 10.2. The quantitative estimate of drug-likeness (QED) is 0.601. The van der Waals surface area contributed by atoms with Gasteiger partial charge in [0.2, 0.25) is 0 Å². The monoisotopic (exact) mass is 203 g/mol. The molecule has 0 bridgehead atoms. The molecule has 0 radical (unpaired) electrons. The van der Waals surface area contributed by atoms with Crippen molar-refractivity contribution in [1.29, 1.82) is 0 Å². The van der Waals surface area contributed by atoms with Crippen LogP contribution in [0.5, 0.6) is 0 Å². The van der Waals surface area contributed by atoms with Crippen LogP contribution in [0.15, 0.2) is 55.4 Å². The smallest absolute Gasteiger partial charge is 0.189 e. The zero-order valence-electron chi connectivity index (χ0n) is 7.50. The van der Waals surface area contributed by atoms with E-state index >= 15 is 0 Å². The first kappa shape index (κ1) is 8.90. The second kappa shape index (κ2) is 3.59. The molecule has 1 aliphatic heterocycles. The first-order valence-electron chi connectivity index (χ1n) is 4.13. The van der Waals surface area contributed by atoms with E-state index in [9.17, 15) is 0 Å². The zero-order valence-corrected chi connectivity index (χ0v) is 8.31. The summed E-state index contributed by atoms with van der Waals surface area (Å²) in [5.41, 5.74) is 0.967. The van der Waals surface area contributed by atoms with E-state index in [0.717, 1.165) is 5.57 Å². The molecule has 0 amide bonds. The molecule has 1 aromatic rings. The van der Waals surface area contributed by atoms with Gasteiger partial charge in [-0.05, 0) is 29.9 Å². The van der Waals surface area contributed by atoms with Gasteiger partial charge in [0.05, 0.1) is 0 Å². The summed E-state index contributed by atoms with van der Waals surface area (Å²) in [4.78, 5) is 5.78. The Bertz CT molecular complexity index is 399. The summed E-state index contributed by atoms with van der Waals surface area (Å²) in [6, 6.07) is 0. The molecule has 0 aliphatic carbocycles. The summed E-state index contributed by atoms with van der Waals surface area (Å²) in [5, 5.41) is 0.669. The fourth-order valence-electron chi connectivity index (χ4n) is 1.09. The van der Waals surface area contributed by atoms with Gasteiger partial charge in [0.15, 0.2) is 5.11 Å². The van der Waals surface area contributed by atoms with Gasteiger partial charge < -0.3 is 4.90 Å². The van der Waals surface area contributed by atoms with Crippen LogP contribution in [-0.2, 0) is 0 Å². The van der Waals surface area contributed by atoms with Crippen molar-refractivity contribution in [3.8, 4) is 0 Å². The third-order valence-corrected chi connectivity index (χ3v) is 2.27. The number of allylic oxidation sites excluding steroid dienone is 3. The number of hydrogen-bond acceptors (Lipinski definition) is 2. The van der Waals surface area contributed by atoms with Crippen molar-refractivity contribution in [2.24, 2.45) is 0 Å². The molecule has 0 atom stereocenters. The van der Waals surface area contributed by atoms with Gasteiger partial charge in [0.25, 0.3) is 0 Å². The lowest BCUT2D eigenvalue weighted by Gasteiger charge is -2.19. The van der Waals surface area contributed by atoms with Crippen LogP contribution in [0.3, 0.4) is 0 Å². The summed E-state index contributed by atoms with van der Waals surface area (Å²) in [6.07, 6.45) is 12.8. The Hall–Kier alpha value is -1.68. The highest BCUT2D eigenvalue weighted by Gasteiger charge is 2.06. The van der Waals surface area contributed by atoms with Gasteiger partial charge in [-0.25, -0.2) is 4.98 Å². The van der Waals surface area contributed by atoms with E-state index in [2.05, 4.69) is 11.6 Å². The summed E-state index contributed by atoms with van der Waals surface area (Å²) < 4.78 is 1.78. The van der Waals surface area contributed by atoms with Crippen molar-refractivity contribution < 1.29 is 0 Å². The lowest BCUT2D eigenvalue weighted by Crippen LogP contribution is -2.25. The van der Waals surface area contributed by atoms with Crippen LogP contribution in [0.4, 0.5) is 0 Å². The van der Waals surface area contributed by atoms with Crippen molar-refractivity contribution in [2.75, 3.05) is 0 Å². The van der Waals surface area contributed by atoms with E-state index in [0.29, 0.717) is 5.11 Å². The Labute approximate surface area is 87.7 Å². The second-order valence-electron chi connectivity index (χ2n) is 2.87. The summed E-state index contributed by atoms with van der Waals surface area (Å²) in [7, 11) is 0. The van der Waals surface area contributed by atoms with Crippen molar-refractivity contribution in [3.05, 3.63) is 55.4 Å². The molecular weight excluding hydrogens is 194 g/mol. The molecule has 2 heterocycles. The Kier molecular flexibility index (Phi) is 2.28. The van der Waals surface area contributed by atoms with Crippen molar-refractivity contribution >= 4 is 17.3 Å². The maximum absolute atomic E-state index is 5.25. The highest BCUT2D eigenvalue weighted by molar-refractivity contribution is 7.80. The molecule has 0 saturated heterocycles. The first-order valence-corrected chi connectivity index (χ1v) is 4.54. The van der Waals surface area contributed by atoms with Crippen LogP contribution >= 0.6 is 12.2 Å².